The Morgan fingerprint density at radius 3 is 2.52 bits per heavy atom. The number of carbonyl (C=O) groups excluding carboxylic acids is 2. The van der Waals surface area contributed by atoms with Gasteiger partial charge >= 0.3 is 5.97 Å². The maximum absolute atomic E-state index is 12.4. The second-order valence-electron chi connectivity index (χ2n) is 5.46. The highest BCUT2D eigenvalue weighted by molar-refractivity contribution is 7.98. The summed E-state index contributed by atoms with van der Waals surface area (Å²) in [6.07, 6.45) is 5.04. The molecule has 0 bridgehead atoms. The number of aromatic nitrogens is 2. The van der Waals surface area contributed by atoms with E-state index in [1.165, 1.54) is 18.0 Å². The van der Waals surface area contributed by atoms with Crippen LogP contribution in [0.5, 0.6) is 0 Å². The van der Waals surface area contributed by atoms with Gasteiger partial charge in [0.05, 0.1) is 6.20 Å². The van der Waals surface area contributed by atoms with E-state index < -0.39 is 5.97 Å². The minimum atomic E-state index is -0.573. The summed E-state index contributed by atoms with van der Waals surface area (Å²) >= 11 is 1.43. The summed E-state index contributed by atoms with van der Waals surface area (Å²) in [6.45, 7) is 3.70. The summed E-state index contributed by atoms with van der Waals surface area (Å²) in [5.74, 6) is -0.866. The predicted octanol–water partition coefficient (Wildman–Crippen LogP) is 3.06. The number of amides is 1. The first-order valence-corrected chi connectivity index (χ1v) is 9.46. The third kappa shape index (κ3) is 4.85. The van der Waals surface area contributed by atoms with Crippen LogP contribution in [0.25, 0.3) is 5.69 Å². The second kappa shape index (κ2) is 9.27. The van der Waals surface area contributed by atoms with Gasteiger partial charge in [0.15, 0.2) is 17.5 Å². The van der Waals surface area contributed by atoms with Crippen LogP contribution in [0.2, 0.25) is 0 Å². The van der Waals surface area contributed by atoms with Crippen LogP contribution < -0.4 is 5.32 Å². The van der Waals surface area contributed by atoms with E-state index in [4.69, 9.17) is 4.74 Å². The van der Waals surface area contributed by atoms with Crippen LogP contribution in [0.4, 0.5) is 0 Å². The van der Waals surface area contributed by atoms with Crippen LogP contribution in [0.3, 0.4) is 0 Å². The molecule has 0 spiro atoms. The molecule has 0 saturated carbocycles. The maximum atomic E-state index is 12.4. The SMILES string of the molecule is CCC(CC)NC(=O)COC(=O)c1cnc(SC)n1-c1ccccc1. The fraction of sp³-hybridized carbons (Fsp3) is 0.389. The minimum absolute atomic E-state index is 0.101. The van der Waals surface area contributed by atoms with Crippen LogP contribution >= 0.6 is 11.8 Å². The third-order valence-corrected chi connectivity index (χ3v) is 4.47. The van der Waals surface area contributed by atoms with Crippen molar-refractivity contribution < 1.29 is 14.3 Å². The van der Waals surface area contributed by atoms with Gasteiger partial charge in [0, 0.05) is 11.7 Å². The maximum Gasteiger partial charge on any atom is 0.357 e. The van der Waals surface area contributed by atoms with E-state index in [0.29, 0.717) is 10.9 Å². The van der Waals surface area contributed by atoms with Crippen molar-refractivity contribution in [1.82, 2.24) is 14.9 Å². The van der Waals surface area contributed by atoms with Crippen molar-refractivity contribution in [1.29, 1.82) is 0 Å². The van der Waals surface area contributed by atoms with E-state index in [2.05, 4.69) is 10.3 Å². The first-order chi connectivity index (χ1) is 12.1. The Labute approximate surface area is 152 Å². The van der Waals surface area contributed by atoms with Gasteiger partial charge in [-0.1, -0.05) is 43.8 Å². The fourth-order valence-electron chi connectivity index (χ4n) is 2.42. The highest BCUT2D eigenvalue weighted by atomic mass is 32.2. The first kappa shape index (κ1) is 19.1. The minimum Gasteiger partial charge on any atom is -0.451 e. The summed E-state index contributed by atoms with van der Waals surface area (Å²) in [5.41, 5.74) is 1.11. The van der Waals surface area contributed by atoms with Crippen molar-refractivity contribution in [2.45, 2.75) is 37.9 Å². The summed E-state index contributed by atoms with van der Waals surface area (Å²) in [5, 5.41) is 3.52. The zero-order valence-electron chi connectivity index (χ0n) is 14.7. The lowest BCUT2D eigenvalue weighted by molar-refractivity contribution is -0.125. The van der Waals surface area contributed by atoms with Gasteiger partial charge < -0.3 is 10.1 Å². The van der Waals surface area contributed by atoms with Crippen molar-refractivity contribution >= 4 is 23.6 Å². The number of ether oxygens (including phenoxy) is 1. The molecule has 7 heteroatoms. The predicted molar refractivity (Wildman–Crippen MR) is 98.1 cm³/mol. The number of hydrogen-bond acceptors (Lipinski definition) is 5. The van der Waals surface area contributed by atoms with E-state index in [1.54, 1.807) is 4.57 Å². The van der Waals surface area contributed by atoms with Crippen LogP contribution in [-0.2, 0) is 9.53 Å². The molecule has 0 saturated heterocycles. The van der Waals surface area contributed by atoms with Crippen molar-refractivity contribution in [2.75, 3.05) is 12.9 Å². The lowest BCUT2D eigenvalue weighted by atomic mass is 10.2. The molecule has 0 fully saturated rings. The number of carbonyl (C=O) groups is 2. The Balaban J connectivity index is 2.10. The quantitative estimate of drug-likeness (QED) is 0.578. The van der Waals surface area contributed by atoms with Gasteiger partial charge in [-0.3, -0.25) is 9.36 Å². The second-order valence-corrected chi connectivity index (χ2v) is 6.23. The van der Waals surface area contributed by atoms with E-state index >= 15 is 0 Å². The molecule has 25 heavy (non-hydrogen) atoms. The Morgan fingerprint density at radius 2 is 1.92 bits per heavy atom. The molecule has 1 heterocycles. The first-order valence-electron chi connectivity index (χ1n) is 8.24. The molecule has 1 aromatic carbocycles. The molecular formula is C18H23N3O3S. The zero-order chi connectivity index (χ0) is 18.2. The molecule has 134 valence electrons. The molecule has 0 aliphatic heterocycles. The van der Waals surface area contributed by atoms with Crippen molar-refractivity contribution in [3.63, 3.8) is 0 Å². The van der Waals surface area contributed by atoms with Crippen molar-refractivity contribution in [3.05, 3.63) is 42.2 Å². The number of imidazole rings is 1. The number of thioether (sulfide) groups is 1. The summed E-state index contributed by atoms with van der Waals surface area (Å²) < 4.78 is 6.91. The molecule has 1 amide bonds. The standard InChI is InChI=1S/C18H23N3O3S/c1-4-13(5-2)20-16(22)12-24-17(23)15-11-19-18(25-3)21(15)14-9-7-6-8-10-14/h6-11,13H,4-5,12H2,1-3H3,(H,20,22). The van der Waals surface area contributed by atoms with Crippen LogP contribution in [0.15, 0.2) is 41.7 Å². The average Bonchev–Trinajstić information content (AvgIpc) is 3.09. The largest absolute Gasteiger partial charge is 0.451 e. The number of benzene rings is 1. The molecule has 0 aliphatic rings. The number of nitrogens with one attached hydrogen (secondary N) is 1. The van der Waals surface area contributed by atoms with E-state index in [0.717, 1.165) is 18.5 Å². The number of esters is 1. The molecule has 2 aromatic rings. The number of nitrogens with zero attached hydrogens (tertiary/aromatic N) is 2. The fourth-order valence-corrected chi connectivity index (χ4v) is 2.96. The molecule has 0 atom stereocenters. The molecular weight excluding hydrogens is 338 g/mol. The monoisotopic (exact) mass is 361 g/mol. The Kier molecular flexibility index (Phi) is 7.06. The molecule has 2 rings (SSSR count). The number of rotatable bonds is 8. The number of para-hydroxylation sites is 1. The number of hydrogen-bond donors (Lipinski definition) is 1. The topological polar surface area (TPSA) is 73.2 Å². The van der Waals surface area contributed by atoms with Gasteiger partial charge in [0.2, 0.25) is 0 Å². The summed E-state index contributed by atoms with van der Waals surface area (Å²) in [7, 11) is 0. The van der Waals surface area contributed by atoms with E-state index in [1.807, 2.05) is 50.4 Å². The molecule has 0 unspecified atom stereocenters. The van der Waals surface area contributed by atoms with Crippen molar-refractivity contribution in [2.24, 2.45) is 0 Å². The molecule has 6 nitrogen and oxygen atoms in total. The van der Waals surface area contributed by atoms with Crippen LogP contribution in [0, 0.1) is 0 Å². The normalized spacial score (nSPS) is 10.7. The third-order valence-electron chi connectivity index (χ3n) is 3.82. The zero-order valence-corrected chi connectivity index (χ0v) is 15.5. The average molecular weight is 361 g/mol. The van der Waals surface area contributed by atoms with E-state index in [9.17, 15) is 9.59 Å². The van der Waals surface area contributed by atoms with Gasteiger partial charge in [0.1, 0.15) is 0 Å². The summed E-state index contributed by atoms with van der Waals surface area (Å²) in [6, 6.07) is 9.55. The highest BCUT2D eigenvalue weighted by Crippen LogP contribution is 2.22. The lowest BCUT2D eigenvalue weighted by Crippen LogP contribution is -2.37. The van der Waals surface area contributed by atoms with Gasteiger partial charge in [-0.2, -0.15) is 0 Å². The van der Waals surface area contributed by atoms with Gasteiger partial charge in [0.25, 0.3) is 5.91 Å². The Hall–Kier alpha value is -2.28. The highest BCUT2D eigenvalue weighted by Gasteiger charge is 2.20. The summed E-state index contributed by atoms with van der Waals surface area (Å²) in [4.78, 5) is 28.6. The Bertz CT molecular complexity index is 712. The molecule has 1 aromatic heterocycles. The van der Waals surface area contributed by atoms with Gasteiger partial charge in [-0.15, -0.1) is 0 Å². The lowest BCUT2D eigenvalue weighted by Gasteiger charge is -2.15. The van der Waals surface area contributed by atoms with E-state index in [-0.39, 0.29) is 18.6 Å². The van der Waals surface area contributed by atoms with Crippen LogP contribution in [-0.4, -0.2) is 40.3 Å². The van der Waals surface area contributed by atoms with Crippen molar-refractivity contribution in [3.8, 4) is 5.69 Å². The smallest absolute Gasteiger partial charge is 0.357 e. The molecule has 1 N–H and O–H groups in total. The molecule has 0 radical (unpaired) electrons. The Morgan fingerprint density at radius 1 is 1.24 bits per heavy atom. The van der Waals surface area contributed by atoms with Crippen LogP contribution in [0.1, 0.15) is 37.2 Å². The van der Waals surface area contributed by atoms with Gasteiger partial charge in [-0.25, -0.2) is 9.78 Å². The molecule has 0 aliphatic carbocycles. The van der Waals surface area contributed by atoms with Gasteiger partial charge in [-0.05, 0) is 31.2 Å².